The Kier molecular flexibility index (Phi) is 5.66. The maximum atomic E-state index is 12.6. The normalized spacial score (nSPS) is 19.9. The summed E-state index contributed by atoms with van der Waals surface area (Å²) in [5.41, 5.74) is 1.46. The predicted molar refractivity (Wildman–Crippen MR) is 104 cm³/mol. The van der Waals surface area contributed by atoms with Crippen molar-refractivity contribution in [2.45, 2.75) is 38.1 Å². The van der Waals surface area contributed by atoms with Gasteiger partial charge in [0.1, 0.15) is 15.5 Å². The van der Waals surface area contributed by atoms with Gasteiger partial charge in [-0.3, -0.25) is 9.59 Å². The number of ketones is 1. The molecule has 0 unspecified atom stereocenters. The fourth-order valence-electron chi connectivity index (χ4n) is 3.21. The standard InChI is InChI=1S/C20H19Cl2F2NO4/c1-11-8-15(16(26)9-28-17(27)19(3)10-20(19,21)22)12(2)25(11)13-4-6-14(7-5-13)29-18(23)24/h4-8,18H,9-10H2,1-3H3/t19-/m0/s1. The first kappa shape index (κ1) is 21.6. The van der Waals surface area contributed by atoms with Gasteiger partial charge in [-0.25, -0.2) is 0 Å². The van der Waals surface area contributed by atoms with Crippen LogP contribution in [0.2, 0.25) is 0 Å². The van der Waals surface area contributed by atoms with E-state index in [4.69, 9.17) is 27.9 Å². The first-order chi connectivity index (χ1) is 13.5. The maximum absolute atomic E-state index is 12.6. The van der Waals surface area contributed by atoms with Gasteiger partial charge in [0.15, 0.2) is 6.61 Å². The van der Waals surface area contributed by atoms with Crippen molar-refractivity contribution in [1.82, 2.24) is 4.57 Å². The molecule has 2 aromatic rings. The van der Waals surface area contributed by atoms with Gasteiger partial charge >= 0.3 is 12.6 Å². The van der Waals surface area contributed by atoms with Gasteiger partial charge < -0.3 is 14.0 Å². The summed E-state index contributed by atoms with van der Waals surface area (Å²) in [6.45, 7) is 1.82. The van der Waals surface area contributed by atoms with E-state index in [-0.39, 0.29) is 18.0 Å². The molecular formula is C20H19Cl2F2NO4. The Morgan fingerprint density at radius 2 is 1.79 bits per heavy atom. The molecule has 1 fully saturated rings. The molecule has 1 saturated carbocycles. The van der Waals surface area contributed by atoms with Crippen molar-refractivity contribution in [1.29, 1.82) is 0 Å². The molecule has 0 saturated heterocycles. The number of hydrogen-bond donors (Lipinski definition) is 0. The highest BCUT2D eigenvalue weighted by atomic mass is 35.5. The van der Waals surface area contributed by atoms with Crippen LogP contribution in [0.1, 0.15) is 35.1 Å². The Bertz CT molecular complexity index is 956. The number of halogens is 4. The smallest absolute Gasteiger partial charge is 0.387 e. The molecule has 1 atom stereocenters. The van der Waals surface area contributed by atoms with E-state index in [0.29, 0.717) is 16.9 Å². The van der Waals surface area contributed by atoms with Crippen LogP contribution in [0.4, 0.5) is 8.78 Å². The molecule has 0 aliphatic heterocycles. The molecule has 3 rings (SSSR count). The zero-order chi connectivity index (χ0) is 21.6. The molecular weight excluding hydrogens is 427 g/mol. The number of aryl methyl sites for hydroxylation is 1. The largest absolute Gasteiger partial charge is 0.457 e. The van der Waals surface area contributed by atoms with Crippen LogP contribution >= 0.6 is 23.2 Å². The van der Waals surface area contributed by atoms with E-state index in [1.54, 1.807) is 43.5 Å². The molecule has 1 aliphatic carbocycles. The van der Waals surface area contributed by atoms with E-state index in [1.165, 1.54) is 12.1 Å². The summed E-state index contributed by atoms with van der Waals surface area (Å²) in [4.78, 5) is 24.7. The summed E-state index contributed by atoms with van der Waals surface area (Å²) in [5.74, 6) is -0.939. The molecule has 29 heavy (non-hydrogen) atoms. The van der Waals surface area contributed by atoms with E-state index in [2.05, 4.69) is 4.74 Å². The fraction of sp³-hybridized carbons (Fsp3) is 0.400. The summed E-state index contributed by atoms with van der Waals surface area (Å²) in [5, 5.41) is 0. The molecule has 1 heterocycles. The molecule has 0 spiro atoms. The molecule has 156 valence electrons. The molecule has 0 bridgehead atoms. The number of aromatic nitrogens is 1. The van der Waals surface area contributed by atoms with Crippen molar-refractivity contribution < 1.29 is 27.8 Å². The molecule has 0 amide bonds. The fourth-order valence-corrected chi connectivity index (χ4v) is 3.90. The van der Waals surface area contributed by atoms with E-state index >= 15 is 0 Å². The van der Waals surface area contributed by atoms with E-state index < -0.39 is 28.9 Å². The SMILES string of the molecule is Cc1cc(C(=O)COC(=O)[C@]2(C)CC2(Cl)Cl)c(C)n1-c1ccc(OC(F)F)cc1. The van der Waals surface area contributed by atoms with Gasteiger partial charge in [-0.15, -0.1) is 23.2 Å². The number of benzene rings is 1. The number of nitrogens with zero attached hydrogens (tertiary/aromatic N) is 1. The number of carbonyl (C=O) groups is 2. The number of hydrogen-bond acceptors (Lipinski definition) is 4. The molecule has 1 aromatic carbocycles. The van der Waals surface area contributed by atoms with Gasteiger partial charge in [-0.1, -0.05) is 0 Å². The van der Waals surface area contributed by atoms with Crippen molar-refractivity contribution in [2.24, 2.45) is 5.41 Å². The number of Topliss-reactive ketones (excluding diaryl/α,β-unsaturated/α-hetero) is 1. The third kappa shape index (κ3) is 4.12. The third-order valence-corrected chi connectivity index (χ3v) is 6.20. The van der Waals surface area contributed by atoms with Crippen molar-refractivity contribution in [3.63, 3.8) is 0 Å². The van der Waals surface area contributed by atoms with E-state index in [1.807, 2.05) is 0 Å². The van der Waals surface area contributed by atoms with Crippen LogP contribution in [-0.4, -0.2) is 33.9 Å². The highest BCUT2D eigenvalue weighted by Gasteiger charge is 2.69. The number of ether oxygens (including phenoxy) is 2. The van der Waals surface area contributed by atoms with Crippen LogP contribution in [0.25, 0.3) is 5.69 Å². The first-order valence-electron chi connectivity index (χ1n) is 8.79. The van der Waals surface area contributed by atoms with Crippen molar-refractivity contribution in [3.8, 4) is 11.4 Å². The average molecular weight is 446 g/mol. The summed E-state index contributed by atoms with van der Waals surface area (Å²) in [6.07, 6.45) is 0.274. The van der Waals surface area contributed by atoms with E-state index in [0.717, 1.165) is 5.69 Å². The molecule has 0 N–H and O–H groups in total. The molecule has 1 aliphatic rings. The predicted octanol–water partition coefficient (Wildman–Crippen LogP) is 5.01. The summed E-state index contributed by atoms with van der Waals surface area (Å²) in [6, 6.07) is 7.75. The van der Waals surface area contributed by atoms with Gasteiger partial charge in [0.05, 0.1) is 0 Å². The summed E-state index contributed by atoms with van der Waals surface area (Å²) < 4.78 is 34.7. The van der Waals surface area contributed by atoms with Crippen molar-refractivity contribution in [2.75, 3.05) is 6.61 Å². The lowest BCUT2D eigenvalue weighted by atomic mass is 10.1. The Labute approximate surface area is 176 Å². The minimum atomic E-state index is -2.90. The summed E-state index contributed by atoms with van der Waals surface area (Å²) >= 11 is 11.9. The molecule has 5 nitrogen and oxygen atoms in total. The summed E-state index contributed by atoms with van der Waals surface area (Å²) in [7, 11) is 0. The van der Waals surface area contributed by atoms with Crippen LogP contribution in [0, 0.1) is 19.3 Å². The first-order valence-corrected chi connectivity index (χ1v) is 9.54. The minimum absolute atomic E-state index is 0.0395. The number of rotatable bonds is 7. The van der Waals surface area contributed by atoms with Crippen molar-refractivity contribution >= 4 is 35.0 Å². The Morgan fingerprint density at radius 3 is 2.31 bits per heavy atom. The lowest BCUT2D eigenvalue weighted by molar-refractivity contribution is -0.148. The zero-order valence-electron chi connectivity index (χ0n) is 16.0. The van der Waals surface area contributed by atoms with Gasteiger partial charge in [0, 0.05) is 29.1 Å². The van der Waals surface area contributed by atoms with Gasteiger partial charge in [0.25, 0.3) is 0 Å². The Morgan fingerprint density at radius 1 is 1.21 bits per heavy atom. The lowest BCUT2D eigenvalue weighted by Gasteiger charge is -2.12. The Balaban J connectivity index is 1.73. The second-order valence-electron chi connectivity index (χ2n) is 7.21. The topological polar surface area (TPSA) is 57.5 Å². The van der Waals surface area contributed by atoms with Crippen LogP contribution < -0.4 is 4.74 Å². The zero-order valence-corrected chi connectivity index (χ0v) is 17.5. The van der Waals surface area contributed by atoms with Crippen LogP contribution in [0.15, 0.2) is 30.3 Å². The lowest BCUT2D eigenvalue weighted by Crippen LogP contribution is -2.24. The molecule has 1 aromatic heterocycles. The minimum Gasteiger partial charge on any atom is -0.457 e. The molecule has 0 radical (unpaired) electrons. The Hall–Kier alpha value is -2.12. The molecule has 9 heteroatoms. The van der Waals surface area contributed by atoms with E-state index in [9.17, 15) is 18.4 Å². The maximum Gasteiger partial charge on any atom is 0.387 e. The second kappa shape index (κ2) is 7.61. The second-order valence-corrected chi connectivity index (χ2v) is 8.69. The average Bonchev–Trinajstić information content (AvgIpc) is 3.01. The highest BCUT2D eigenvalue weighted by molar-refractivity contribution is 6.53. The quantitative estimate of drug-likeness (QED) is 0.341. The third-order valence-electron chi connectivity index (χ3n) is 5.09. The highest BCUT2D eigenvalue weighted by Crippen LogP contribution is 2.64. The van der Waals surface area contributed by atoms with Crippen LogP contribution in [-0.2, 0) is 9.53 Å². The monoisotopic (exact) mass is 445 g/mol. The number of carbonyl (C=O) groups excluding carboxylic acids is 2. The van der Waals surface area contributed by atoms with Crippen LogP contribution in [0.3, 0.4) is 0 Å². The van der Waals surface area contributed by atoms with Gasteiger partial charge in [0.2, 0.25) is 5.78 Å². The van der Waals surface area contributed by atoms with Crippen LogP contribution in [0.5, 0.6) is 5.75 Å². The number of alkyl halides is 4. The number of esters is 1. The van der Waals surface area contributed by atoms with Gasteiger partial charge in [-0.2, -0.15) is 8.78 Å². The van der Waals surface area contributed by atoms with Gasteiger partial charge in [-0.05, 0) is 51.1 Å². The van der Waals surface area contributed by atoms with Crippen molar-refractivity contribution in [3.05, 3.63) is 47.3 Å².